The first-order chi connectivity index (χ1) is 16.0. The molecule has 5 N–H and O–H groups in total. The van der Waals surface area contributed by atoms with Crippen molar-refractivity contribution in [3.63, 3.8) is 0 Å². The molecule has 2 heterocycles. The molecule has 1 aliphatic rings. The van der Waals surface area contributed by atoms with Crippen molar-refractivity contribution in [3.8, 4) is 6.07 Å². The zero-order valence-electron chi connectivity index (χ0n) is 18.6. The van der Waals surface area contributed by atoms with Crippen molar-refractivity contribution in [2.24, 2.45) is 0 Å². The third-order valence-electron chi connectivity index (χ3n) is 5.22. The second kappa shape index (κ2) is 9.54. The van der Waals surface area contributed by atoms with E-state index < -0.39 is 0 Å². The van der Waals surface area contributed by atoms with Gasteiger partial charge in [0.05, 0.1) is 35.9 Å². The van der Waals surface area contributed by atoms with Crippen molar-refractivity contribution < 1.29 is 0 Å². The van der Waals surface area contributed by atoms with Crippen molar-refractivity contribution in [1.29, 1.82) is 16.1 Å². The van der Waals surface area contributed by atoms with Gasteiger partial charge in [-0.05, 0) is 45.1 Å². The third kappa shape index (κ3) is 5.02. The number of hydrogen-bond acceptors (Lipinski definition) is 9. The Hall–Kier alpha value is -4.17. The highest BCUT2D eigenvalue weighted by atomic mass is 15.3. The summed E-state index contributed by atoms with van der Waals surface area (Å²) in [6.07, 6.45) is 5.92. The monoisotopic (exact) mass is 445 g/mol. The van der Waals surface area contributed by atoms with Gasteiger partial charge in [-0.1, -0.05) is 0 Å². The minimum Gasteiger partial charge on any atom is -0.382 e. The molecule has 2 aromatic heterocycles. The van der Waals surface area contributed by atoms with E-state index >= 15 is 0 Å². The van der Waals surface area contributed by atoms with Crippen LogP contribution in [-0.4, -0.2) is 65.4 Å². The Morgan fingerprint density at radius 3 is 2.67 bits per heavy atom. The van der Waals surface area contributed by atoms with Crippen LogP contribution in [-0.2, 0) is 0 Å². The molecule has 1 saturated carbocycles. The van der Waals surface area contributed by atoms with Crippen LogP contribution < -0.4 is 20.9 Å². The molecule has 4 rings (SSSR count). The summed E-state index contributed by atoms with van der Waals surface area (Å²) in [6.45, 7) is 1.57. The highest BCUT2D eigenvalue weighted by Crippen LogP contribution is 2.32. The maximum Gasteiger partial charge on any atom is 0.178 e. The summed E-state index contributed by atoms with van der Waals surface area (Å²) in [5.41, 5.74) is 4.01. The van der Waals surface area contributed by atoms with Crippen LogP contribution in [0.3, 0.4) is 0 Å². The van der Waals surface area contributed by atoms with E-state index in [2.05, 4.69) is 37.0 Å². The van der Waals surface area contributed by atoms with Gasteiger partial charge in [-0.2, -0.15) is 9.78 Å². The molecular formula is C22H27N11. The zero-order valence-corrected chi connectivity index (χ0v) is 18.6. The first-order valence-electron chi connectivity index (χ1n) is 10.7. The number of fused-ring (bicyclic) bond motifs is 1. The Bertz CT molecular complexity index is 1200. The topological polar surface area (TPSA) is 144 Å². The van der Waals surface area contributed by atoms with Crippen LogP contribution in [0.5, 0.6) is 0 Å². The first-order valence-corrected chi connectivity index (χ1v) is 10.7. The number of hydrogen-bond donors (Lipinski definition) is 5. The normalized spacial score (nSPS) is 12.9. The van der Waals surface area contributed by atoms with Gasteiger partial charge in [-0.25, -0.2) is 4.98 Å². The Morgan fingerprint density at radius 1 is 1.21 bits per heavy atom. The molecule has 1 aliphatic carbocycles. The molecule has 0 aliphatic heterocycles. The number of benzene rings is 1. The van der Waals surface area contributed by atoms with Crippen molar-refractivity contribution in [3.05, 3.63) is 36.2 Å². The third-order valence-corrected chi connectivity index (χ3v) is 5.22. The van der Waals surface area contributed by atoms with Gasteiger partial charge in [0.1, 0.15) is 6.07 Å². The lowest BCUT2D eigenvalue weighted by Crippen LogP contribution is -2.23. The number of aromatic nitrogens is 3. The fourth-order valence-electron chi connectivity index (χ4n) is 3.37. The lowest BCUT2D eigenvalue weighted by atomic mass is 10.2. The molecule has 11 heteroatoms. The summed E-state index contributed by atoms with van der Waals surface area (Å²) in [5.74, 6) is 0.552. The predicted molar refractivity (Wildman–Crippen MR) is 131 cm³/mol. The summed E-state index contributed by atoms with van der Waals surface area (Å²) in [5, 5.41) is 39.5. The summed E-state index contributed by atoms with van der Waals surface area (Å²) < 4.78 is 1.53. The number of likely N-dealkylation sites (N-methyl/N-ethyl adjacent to an activating group) is 1. The van der Waals surface area contributed by atoms with E-state index in [4.69, 9.17) is 10.8 Å². The van der Waals surface area contributed by atoms with Crippen LogP contribution in [0, 0.1) is 22.1 Å². The molecule has 1 fully saturated rings. The Labute approximate surface area is 192 Å². The van der Waals surface area contributed by atoms with E-state index in [1.165, 1.54) is 15.6 Å². The molecule has 0 radical (unpaired) electrons. The molecule has 170 valence electrons. The number of nitrogens with one attached hydrogen (secondary N) is 5. The van der Waals surface area contributed by atoms with Gasteiger partial charge >= 0.3 is 0 Å². The van der Waals surface area contributed by atoms with E-state index in [1.54, 1.807) is 0 Å². The van der Waals surface area contributed by atoms with Crippen LogP contribution in [0.4, 0.5) is 28.6 Å². The molecule has 0 atom stereocenters. The van der Waals surface area contributed by atoms with Crippen molar-refractivity contribution in [2.45, 2.75) is 18.9 Å². The van der Waals surface area contributed by atoms with E-state index in [0.717, 1.165) is 55.7 Å². The number of anilines is 5. The largest absolute Gasteiger partial charge is 0.382 e. The summed E-state index contributed by atoms with van der Waals surface area (Å²) in [4.78, 5) is 7.85. The highest BCUT2D eigenvalue weighted by molar-refractivity contribution is 6.02. The summed E-state index contributed by atoms with van der Waals surface area (Å²) >= 11 is 0. The minimum atomic E-state index is 0.354. The lowest BCUT2D eigenvalue weighted by Gasteiger charge is -2.20. The van der Waals surface area contributed by atoms with Gasteiger partial charge in [0.2, 0.25) is 0 Å². The Balaban J connectivity index is 1.66. The van der Waals surface area contributed by atoms with Crippen LogP contribution in [0.25, 0.3) is 5.65 Å². The molecule has 0 unspecified atom stereocenters. The zero-order chi connectivity index (χ0) is 23.4. The molecule has 1 aromatic carbocycles. The van der Waals surface area contributed by atoms with E-state index in [0.29, 0.717) is 28.9 Å². The van der Waals surface area contributed by atoms with Crippen molar-refractivity contribution in [1.82, 2.24) is 19.5 Å². The average molecular weight is 446 g/mol. The van der Waals surface area contributed by atoms with Crippen molar-refractivity contribution >= 4 is 46.9 Å². The lowest BCUT2D eigenvalue weighted by molar-refractivity contribution is 0.425. The summed E-state index contributed by atoms with van der Waals surface area (Å²) in [7, 11) is 4.01. The number of rotatable bonds is 11. The second-order valence-electron chi connectivity index (χ2n) is 8.10. The SMILES string of the molecule is CN(C)CCNc1ccc(Nc2cc(NC3CC3)c3ncc(C#N)n3n2)cc1N(C=N)C=N. The molecule has 0 amide bonds. The molecule has 0 bridgehead atoms. The van der Waals surface area contributed by atoms with Crippen LogP contribution in [0.15, 0.2) is 30.5 Å². The van der Waals surface area contributed by atoms with Gasteiger partial charge in [-0.3, -0.25) is 15.7 Å². The van der Waals surface area contributed by atoms with Crippen LogP contribution >= 0.6 is 0 Å². The molecular weight excluding hydrogens is 418 g/mol. The van der Waals surface area contributed by atoms with Crippen molar-refractivity contribution in [2.75, 3.05) is 48.0 Å². The van der Waals surface area contributed by atoms with Crippen LogP contribution in [0.1, 0.15) is 18.5 Å². The number of nitrogens with zero attached hydrogens (tertiary/aromatic N) is 6. The maximum absolute atomic E-state index is 9.43. The van der Waals surface area contributed by atoms with E-state index in [-0.39, 0.29) is 0 Å². The average Bonchev–Trinajstić information content (AvgIpc) is 3.52. The second-order valence-corrected chi connectivity index (χ2v) is 8.10. The fourth-order valence-corrected chi connectivity index (χ4v) is 3.37. The van der Waals surface area contributed by atoms with E-state index in [9.17, 15) is 5.26 Å². The Morgan fingerprint density at radius 2 is 2.00 bits per heavy atom. The van der Waals surface area contributed by atoms with Gasteiger partial charge in [0.25, 0.3) is 0 Å². The van der Waals surface area contributed by atoms with Gasteiger partial charge in [0.15, 0.2) is 17.2 Å². The molecule has 3 aromatic rings. The number of imidazole rings is 1. The summed E-state index contributed by atoms with van der Waals surface area (Å²) in [6, 6.07) is 10.1. The van der Waals surface area contributed by atoms with Crippen LogP contribution in [0.2, 0.25) is 0 Å². The van der Waals surface area contributed by atoms with Gasteiger partial charge < -0.3 is 20.9 Å². The maximum atomic E-state index is 9.43. The van der Waals surface area contributed by atoms with E-state index in [1.807, 2.05) is 38.4 Å². The molecule has 0 saturated heterocycles. The first kappa shape index (κ1) is 22.0. The number of nitriles is 1. The molecule has 33 heavy (non-hydrogen) atoms. The van der Waals surface area contributed by atoms with Gasteiger partial charge in [-0.15, -0.1) is 5.10 Å². The molecule has 11 nitrogen and oxygen atoms in total. The highest BCUT2D eigenvalue weighted by Gasteiger charge is 2.23. The van der Waals surface area contributed by atoms with Gasteiger partial charge in [0, 0.05) is 30.9 Å². The molecule has 0 spiro atoms. The standard InChI is InChI=1S/C22H27N11/c1-31(2)8-7-26-18-6-5-16(9-20(18)32(13-24)14-25)29-21-10-19(28-15-3-4-15)22-27-12-17(11-23)33(22)30-21/h5-6,9-10,12-15,24-26,28H,3-4,7-8H2,1-2H3,(H,29,30). The quantitative estimate of drug-likeness (QED) is 0.224. The predicted octanol–water partition coefficient (Wildman–Crippen LogP) is 2.91. The minimum absolute atomic E-state index is 0.354. The fraction of sp³-hybridized carbons (Fsp3) is 0.318. The Kier molecular flexibility index (Phi) is 6.37. The smallest absolute Gasteiger partial charge is 0.178 e.